The molecule has 174 valence electrons. The molecule has 1 amide bonds. The molecule has 1 atom stereocenters. The molecule has 3 N–H and O–H groups in total. The summed E-state index contributed by atoms with van der Waals surface area (Å²) in [7, 11) is 0. The fourth-order valence-electron chi connectivity index (χ4n) is 5.02. The van der Waals surface area contributed by atoms with Gasteiger partial charge in [-0.25, -0.2) is 4.98 Å². The Morgan fingerprint density at radius 1 is 1.12 bits per heavy atom. The lowest BCUT2D eigenvalue weighted by Gasteiger charge is -2.30. The van der Waals surface area contributed by atoms with E-state index < -0.39 is 0 Å². The molecule has 2 aromatic heterocycles. The largest absolute Gasteiger partial charge is 0.381 e. The SMILES string of the molecule is CCc1cc(-c2ccc3c(ccc4sc5c(c43)NC[C@@H](C)NC5=O)n2)cc(N2CCNCC2)c1. The van der Waals surface area contributed by atoms with Crippen LogP contribution in [0.4, 0.5) is 11.4 Å². The Morgan fingerprint density at radius 3 is 2.79 bits per heavy atom. The van der Waals surface area contributed by atoms with Gasteiger partial charge in [-0.3, -0.25) is 4.79 Å². The Morgan fingerprint density at radius 2 is 1.97 bits per heavy atom. The number of carbonyl (C=O) groups is 1. The summed E-state index contributed by atoms with van der Waals surface area (Å²) in [5.74, 6) is 0.00301. The van der Waals surface area contributed by atoms with E-state index in [4.69, 9.17) is 4.98 Å². The summed E-state index contributed by atoms with van der Waals surface area (Å²) < 4.78 is 1.11. The Labute approximate surface area is 203 Å². The van der Waals surface area contributed by atoms with Gasteiger partial charge in [0, 0.05) is 65.5 Å². The van der Waals surface area contributed by atoms with E-state index in [9.17, 15) is 4.79 Å². The van der Waals surface area contributed by atoms with Crippen molar-refractivity contribution in [2.45, 2.75) is 26.3 Å². The van der Waals surface area contributed by atoms with Crippen molar-refractivity contribution in [1.82, 2.24) is 15.6 Å². The monoisotopic (exact) mass is 471 g/mol. The fourth-order valence-corrected chi connectivity index (χ4v) is 6.12. The average molecular weight is 472 g/mol. The summed E-state index contributed by atoms with van der Waals surface area (Å²) >= 11 is 1.55. The van der Waals surface area contributed by atoms with Gasteiger partial charge in [0.05, 0.1) is 16.9 Å². The summed E-state index contributed by atoms with van der Waals surface area (Å²) in [4.78, 5) is 21.0. The molecule has 4 heterocycles. The second-order valence-corrected chi connectivity index (χ2v) is 10.3. The number of nitrogens with one attached hydrogen (secondary N) is 3. The van der Waals surface area contributed by atoms with Crippen molar-refractivity contribution in [2.24, 2.45) is 0 Å². The number of anilines is 2. The maximum absolute atomic E-state index is 12.7. The molecule has 1 saturated heterocycles. The van der Waals surface area contributed by atoms with Crippen LogP contribution in [-0.4, -0.2) is 49.7 Å². The molecular formula is C27H29N5OS. The zero-order valence-corrected chi connectivity index (χ0v) is 20.4. The number of benzene rings is 2. The Balaban J connectivity index is 1.46. The minimum absolute atomic E-state index is 0.00301. The number of nitrogens with zero attached hydrogens (tertiary/aromatic N) is 2. The second kappa shape index (κ2) is 8.56. The Hall–Kier alpha value is -3.16. The quantitative estimate of drug-likeness (QED) is 0.406. The zero-order valence-electron chi connectivity index (χ0n) is 19.6. The maximum Gasteiger partial charge on any atom is 0.263 e. The first-order valence-electron chi connectivity index (χ1n) is 12.1. The minimum atomic E-state index is 0.00301. The molecule has 0 radical (unpaired) electrons. The first-order chi connectivity index (χ1) is 16.6. The molecule has 0 aliphatic carbocycles. The molecule has 2 aliphatic heterocycles. The molecule has 2 aliphatic rings. The molecule has 1 fully saturated rings. The lowest BCUT2D eigenvalue weighted by molar-refractivity contribution is 0.0949. The number of hydrogen-bond donors (Lipinski definition) is 3. The fraction of sp³-hybridized carbons (Fsp3) is 0.333. The predicted octanol–water partition coefficient (Wildman–Crippen LogP) is 4.63. The number of amides is 1. The van der Waals surface area contributed by atoms with Gasteiger partial charge in [0.1, 0.15) is 4.88 Å². The number of aryl methyl sites for hydroxylation is 1. The van der Waals surface area contributed by atoms with Crippen molar-refractivity contribution in [1.29, 1.82) is 0 Å². The summed E-state index contributed by atoms with van der Waals surface area (Å²) in [5.41, 5.74) is 6.65. The summed E-state index contributed by atoms with van der Waals surface area (Å²) in [5, 5.41) is 12.2. The highest BCUT2D eigenvalue weighted by Gasteiger charge is 2.25. The first-order valence-corrected chi connectivity index (χ1v) is 12.9. The van der Waals surface area contributed by atoms with Gasteiger partial charge < -0.3 is 20.9 Å². The molecule has 0 spiro atoms. The van der Waals surface area contributed by atoms with E-state index >= 15 is 0 Å². The Kier molecular flexibility index (Phi) is 5.38. The number of thiophene rings is 1. The second-order valence-electron chi connectivity index (χ2n) is 9.24. The third kappa shape index (κ3) is 3.69. The average Bonchev–Trinajstić information content (AvgIpc) is 3.20. The van der Waals surface area contributed by atoms with Gasteiger partial charge >= 0.3 is 0 Å². The van der Waals surface area contributed by atoms with Gasteiger partial charge in [-0.15, -0.1) is 11.3 Å². The highest BCUT2D eigenvalue weighted by atomic mass is 32.1. The van der Waals surface area contributed by atoms with E-state index in [2.05, 4.69) is 70.2 Å². The van der Waals surface area contributed by atoms with Gasteiger partial charge in [0.15, 0.2) is 0 Å². The molecule has 7 heteroatoms. The summed E-state index contributed by atoms with van der Waals surface area (Å²) in [6, 6.07) is 15.4. The molecule has 6 rings (SSSR count). The van der Waals surface area contributed by atoms with Crippen LogP contribution in [0.2, 0.25) is 0 Å². The van der Waals surface area contributed by atoms with Gasteiger partial charge in [0.2, 0.25) is 0 Å². The normalized spacial score (nSPS) is 18.5. The number of piperazine rings is 1. The molecule has 34 heavy (non-hydrogen) atoms. The van der Waals surface area contributed by atoms with Crippen LogP contribution in [0.25, 0.3) is 32.2 Å². The van der Waals surface area contributed by atoms with Crippen molar-refractivity contribution in [3.05, 3.63) is 52.9 Å². The number of hydrogen-bond acceptors (Lipinski definition) is 6. The lowest BCUT2D eigenvalue weighted by Crippen LogP contribution is -2.43. The molecule has 0 bridgehead atoms. The van der Waals surface area contributed by atoms with E-state index in [1.165, 1.54) is 11.3 Å². The number of rotatable bonds is 3. The van der Waals surface area contributed by atoms with Crippen LogP contribution in [0.1, 0.15) is 29.1 Å². The number of fused-ring (bicyclic) bond motifs is 5. The van der Waals surface area contributed by atoms with Crippen molar-refractivity contribution < 1.29 is 4.79 Å². The van der Waals surface area contributed by atoms with Crippen molar-refractivity contribution >= 4 is 49.6 Å². The molecule has 0 unspecified atom stereocenters. The highest BCUT2D eigenvalue weighted by molar-refractivity contribution is 7.21. The van der Waals surface area contributed by atoms with Crippen molar-refractivity contribution in [3.63, 3.8) is 0 Å². The van der Waals surface area contributed by atoms with Crippen LogP contribution in [0.5, 0.6) is 0 Å². The van der Waals surface area contributed by atoms with Gasteiger partial charge in [-0.1, -0.05) is 6.92 Å². The third-order valence-corrected chi connectivity index (χ3v) is 8.01. The van der Waals surface area contributed by atoms with E-state index in [1.807, 2.05) is 6.92 Å². The lowest BCUT2D eigenvalue weighted by atomic mass is 10.0. The maximum atomic E-state index is 12.7. The first kappa shape index (κ1) is 21.4. The van der Waals surface area contributed by atoms with Crippen LogP contribution in [-0.2, 0) is 6.42 Å². The van der Waals surface area contributed by atoms with E-state index in [-0.39, 0.29) is 11.9 Å². The summed E-state index contributed by atoms with van der Waals surface area (Å²) in [6.45, 7) is 9.03. The van der Waals surface area contributed by atoms with Crippen LogP contribution < -0.4 is 20.9 Å². The van der Waals surface area contributed by atoms with Crippen LogP contribution in [0.3, 0.4) is 0 Å². The predicted molar refractivity (Wildman–Crippen MR) is 142 cm³/mol. The third-order valence-electron chi connectivity index (χ3n) is 6.85. The van der Waals surface area contributed by atoms with Crippen LogP contribution in [0.15, 0.2) is 42.5 Å². The van der Waals surface area contributed by atoms with Crippen LogP contribution in [0, 0.1) is 0 Å². The Bertz CT molecular complexity index is 1410. The molecule has 0 saturated carbocycles. The smallest absolute Gasteiger partial charge is 0.263 e. The minimum Gasteiger partial charge on any atom is -0.381 e. The van der Waals surface area contributed by atoms with Gasteiger partial charge in [-0.2, -0.15) is 0 Å². The summed E-state index contributed by atoms with van der Waals surface area (Å²) in [6.07, 6.45) is 0.994. The zero-order chi connectivity index (χ0) is 23.2. The molecule has 2 aromatic carbocycles. The number of carbonyl (C=O) groups excluding carboxylic acids is 1. The van der Waals surface area contributed by atoms with E-state index in [1.54, 1.807) is 11.3 Å². The van der Waals surface area contributed by atoms with E-state index in [0.717, 1.165) is 75.4 Å². The van der Waals surface area contributed by atoms with Gasteiger partial charge in [0.25, 0.3) is 5.91 Å². The van der Waals surface area contributed by atoms with Crippen LogP contribution >= 0.6 is 11.3 Å². The number of aromatic nitrogens is 1. The standard InChI is InChI=1S/C27H29N5OS/c1-3-17-12-18(14-19(13-17)32-10-8-28-9-11-32)21-5-4-20-22(31-21)6-7-23-24(20)25-26(34-23)27(33)30-16(2)15-29-25/h4-7,12-14,16,28-29H,3,8-11,15H2,1-2H3,(H,30,33)/t16-/m1/s1. The molecule has 6 nitrogen and oxygen atoms in total. The highest BCUT2D eigenvalue weighted by Crippen LogP contribution is 2.41. The van der Waals surface area contributed by atoms with Crippen molar-refractivity contribution in [3.8, 4) is 11.3 Å². The van der Waals surface area contributed by atoms with Gasteiger partial charge in [-0.05, 0) is 61.4 Å². The van der Waals surface area contributed by atoms with Crippen molar-refractivity contribution in [2.75, 3.05) is 42.9 Å². The topological polar surface area (TPSA) is 69.3 Å². The van der Waals surface area contributed by atoms with E-state index in [0.29, 0.717) is 6.54 Å². The molecule has 4 aromatic rings. The number of pyridine rings is 1. The molecular weight excluding hydrogens is 442 g/mol.